The van der Waals surface area contributed by atoms with E-state index in [1.165, 1.54) is 27.7 Å². The molecule has 2 bridgehead atoms. The molecule has 0 saturated carbocycles. The average molecular weight is 812 g/mol. The van der Waals surface area contributed by atoms with Crippen molar-refractivity contribution in [3.05, 3.63) is 70.3 Å². The molecule has 3 saturated heterocycles. The lowest BCUT2D eigenvalue weighted by atomic mass is 9.70. The van der Waals surface area contributed by atoms with Gasteiger partial charge in [-0.1, -0.05) is 36.4 Å². The van der Waals surface area contributed by atoms with Gasteiger partial charge in [-0.2, -0.15) is 0 Å². The summed E-state index contributed by atoms with van der Waals surface area (Å²) in [6.07, 6.45) is -1.63. The number of benzene rings is 2. The van der Waals surface area contributed by atoms with Gasteiger partial charge in [0.1, 0.15) is 17.8 Å². The SMILES string of the molecule is CC(=O)O[C@@H]1[C@@H](CC(=O)O)[C@H](OC(C)=O)[C@]2(C(C)(C)O)CO[C@@]1(c1ccc(C)c(Cc3ccc(CCCC(=O)NC(C)(C)C(=O)NCCN4CC[C@@H](F)C4)cc3)c1)O2. The largest absolute Gasteiger partial charge is 0.481 e. The number of hydrogen-bond acceptors (Lipinski definition) is 11. The summed E-state index contributed by atoms with van der Waals surface area (Å²) in [7, 11) is 0. The Bertz CT molecular complexity index is 1850. The van der Waals surface area contributed by atoms with Crippen LogP contribution in [-0.2, 0) is 61.5 Å². The molecule has 4 N–H and O–H groups in total. The second kappa shape index (κ2) is 17.8. The number of carbonyl (C=O) groups is 5. The number of esters is 2. The van der Waals surface area contributed by atoms with Gasteiger partial charge in [-0.3, -0.25) is 28.9 Å². The summed E-state index contributed by atoms with van der Waals surface area (Å²) in [5, 5.41) is 27.2. The molecular weight excluding hydrogens is 753 g/mol. The number of carboxylic acid groups (broad SMARTS) is 1. The smallest absolute Gasteiger partial charge is 0.303 e. The summed E-state index contributed by atoms with van der Waals surface area (Å²) in [5.41, 5.74) is -0.215. The number of hydrogen-bond donors (Lipinski definition) is 4. The zero-order chi connectivity index (χ0) is 42.6. The highest BCUT2D eigenvalue weighted by Crippen LogP contribution is 2.57. The van der Waals surface area contributed by atoms with Crippen molar-refractivity contribution in [3.63, 3.8) is 0 Å². The average Bonchev–Trinajstić information content (AvgIpc) is 3.72. The minimum Gasteiger partial charge on any atom is -0.481 e. The predicted molar refractivity (Wildman–Crippen MR) is 209 cm³/mol. The van der Waals surface area contributed by atoms with Crippen molar-refractivity contribution >= 4 is 29.7 Å². The Labute approximate surface area is 339 Å². The summed E-state index contributed by atoms with van der Waals surface area (Å²) in [4.78, 5) is 64.7. The number of halogens is 1. The van der Waals surface area contributed by atoms with E-state index in [4.69, 9.17) is 18.9 Å². The number of fused-ring (bicyclic) bond motifs is 2. The molecule has 2 aromatic rings. The van der Waals surface area contributed by atoms with E-state index in [1.807, 2.05) is 48.2 Å². The topological polar surface area (TPSA) is 190 Å². The Morgan fingerprint density at radius 1 is 0.983 bits per heavy atom. The number of aliphatic carboxylic acids is 1. The molecule has 2 aromatic carbocycles. The zero-order valence-electron chi connectivity index (χ0n) is 34.5. The number of likely N-dealkylation sites (tertiary alicyclic amines) is 1. The van der Waals surface area contributed by atoms with Crippen LogP contribution in [0.25, 0.3) is 0 Å². The highest BCUT2D eigenvalue weighted by molar-refractivity contribution is 5.90. The first-order valence-electron chi connectivity index (χ1n) is 19.9. The maximum Gasteiger partial charge on any atom is 0.303 e. The maximum atomic E-state index is 13.4. The number of aliphatic hydroxyl groups is 1. The van der Waals surface area contributed by atoms with Crippen molar-refractivity contribution in [2.24, 2.45) is 5.92 Å². The summed E-state index contributed by atoms with van der Waals surface area (Å²) in [5.74, 6) is -6.19. The van der Waals surface area contributed by atoms with Crippen molar-refractivity contribution in [1.82, 2.24) is 15.5 Å². The molecule has 3 aliphatic rings. The lowest BCUT2D eigenvalue weighted by molar-refractivity contribution is -0.341. The summed E-state index contributed by atoms with van der Waals surface area (Å²) in [6, 6.07) is 13.5. The molecule has 318 valence electrons. The molecule has 0 aromatic heterocycles. The Balaban J connectivity index is 1.25. The summed E-state index contributed by atoms with van der Waals surface area (Å²) >= 11 is 0. The molecule has 3 fully saturated rings. The van der Waals surface area contributed by atoms with E-state index in [-0.39, 0.29) is 24.8 Å². The summed E-state index contributed by atoms with van der Waals surface area (Å²) < 4.78 is 38.0. The lowest BCUT2D eigenvalue weighted by Gasteiger charge is -2.53. The van der Waals surface area contributed by atoms with E-state index < -0.39 is 71.2 Å². The van der Waals surface area contributed by atoms with Crippen molar-refractivity contribution < 1.29 is 57.5 Å². The number of aryl methyl sites for hydroxylation is 2. The number of carbonyl (C=O) groups excluding carboxylic acids is 4. The molecule has 14 nitrogen and oxygen atoms in total. The van der Waals surface area contributed by atoms with Crippen molar-refractivity contribution in [2.75, 3.05) is 32.8 Å². The second-order valence-corrected chi connectivity index (χ2v) is 16.9. The standard InChI is InChI=1S/C43H58FN3O11/c1-26-11-16-32(43-38(57-28(3)49)34(23-36(51)52)37(56-27(2)48)42(58-43,25-55-43)41(6,7)54)22-31(26)21-30-14-12-29(13-15-30)9-8-10-35(50)46-40(4,5)39(53)45-18-20-47-19-17-33(44)24-47/h11-16,22,33-34,37-38,54H,8-10,17-21,23-25H2,1-7H3,(H,45,53)(H,46,50)(H,51,52)/t33-,34+,37+,38-,42+,43+/m1/s1. The van der Waals surface area contributed by atoms with E-state index >= 15 is 0 Å². The molecule has 6 atom stereocenters. The van der Waals surface area contributed by atoms with Gasteiger partial charge in [-0.25, -0.2) is 4.39 Å². The van der Waals surface area contributed by atoms with Gasteiger partial charge in [0.2, 0.25) is 17.6 Å². The van der Waals surface area contributed by atoms with Crippen LogP contribution in [0.3, 0.4) is 0 Å². The molecule has 0 unspecified atom stereocenters. The maximum absolute atomic E-state index is 13.4. The molecule has 2 amide bonds. The number of carboxylic acids is 1. The molecule has 0 spiro atoms. The predicted octanol–water partition coefficient (Wildman–Crippen LogP) is 3.64. The van der Waals surface area contributed by atoms with E-state index in [0.29, 0.717) is 57.4 Å². The highest BCUT2D eigenvalue weighted by Gasteiger charge is 2.74. The van der Waals surface area contributed by atoms with Crippen molar-refractivity contribution in [2.45, 2.75) is 128 Å². The van der Waals surface area contributed by atoms with Crippen LogP contribution in [0.2, 0.25) is 0 Å². The third-order valence-corrected chi connectivity index (χ3v) is 11.5. The van der Waals surface area contributed by atoms with Crippen molar-refractivity contribution in [3.8, 4) is 0 Å². The van der Waals surface area contributed by atoms with Crippen LogP contribution in [-0.4, -0.2) is 113 Å². The first-order chi connectivity index (χ1) is 27.2. The molecule has 3 aliphatic heterocycles. The molecule has 15 heteroatoms. The van der Waals surface area contributed by atoms with Gasteiger partial charge in [0, 0.05) is 52.0 Å². The quantitative estimate of drug-likeness (QED) is 0.170. The molecule has 0 radical (unpaired) electrons. The van der Waals surface area contributed by atoms with Crippen LogP contribution < -0.4 is 10.6 Å². The van der Waals surface area contributed by atoms with Crippen LogP contribution in [0.1, 0.15) is 95.0 Å². The minimum atomic E-state index is -1.84. The van der Waals surface area contributed by atoms with E-state index in [9.17, 15) is 38.6 Å². The van der Waals surface area contributed by atoms with Gasteiger partial charge < -0.3 is 39.8 Å². The highest BCUT2D eigenvalue weighted by atomic mass is 19.1. The normalized spacial score (nSPS) is 25.9. The van der Waals surface area contributed by atoms with Gasteiger partial charge in [0.15, 0.2) is 11.7 Å². The number of nitrogens with zero attached hydrogens (tertiary/aromatic N) is 1. The summed E-state index contributed by atoms with van der Waals surface area (Å²) in [6.45, 7) is 12.3. The van der Waals surface area contributed by atoms with E-state index in [2.05, 4.69) is 10.6 Å². The first-order valence-corrected chi connectivity index (χ1v) is 19.9. The van der Waals surface area contributed by atoms with Crippen LogP contribution in [0.4, 0.5) is 4.39 Å². The Kier molecular flexibility index (Phi) is 13.7. The molecule has 5 rings (SSSR count). The monoisotopic (exact) mass is 811 g/mol. The van der Waals surface area contributed by atoms with Crippen molar-refractivity contribution in [1.29, 1.82) is 0 Å². The Morgan fingerprint density at radius 3 is 2.24 bits per heavy atom. The number of nitrogens with one attached hydrogen (secondary N) is 2. The number of ether oxygens (including phenoxy) is 4. The molecular formula is C43H58FN3O11. The Hall–Kier alpha value is -4.44. The number of amides is 2. The van der Waals surface area contributed by atoms with Crippen LogP contribution in [0.5, 0.6) is 0 Å². The second-order valence-electron chi connectivity index (χ2n) is 16.9. The fourth-order valence-electron chi connectivity index (χ4n) is 8.27. The third kappa shape index (κ3) is 10.0. The Morgan fingerprint density at radius 2 is 1.64 bits per heavy atom. The molecule has 3 heterocycles. The lowest BCUT2D eigenvalue weighted by Crippen LogP contribution is -2.70. The zero-order valence-corrected chi connectivity index (χ0v) is 34.5. The van der Waals surface area contributed by atoms with E-state index in [1.54, 1.807) is 19.9 Å². The fraction of sp³-hybridized carbons (Fsp3) is 0.605. The minimum absolute atomic E-state index is 0.230. The van der Waals surface area contributed by atoms with Gasteiger partial charge >= 0.3 is 17.9 Å². The molecule has 58 heavy (non-hydrogen) atoms. The number of alkyl halides is 1. The van der Waals surface area contributed by atoms with Gasteiger partial charge in [0.05, 0.1) is 24.5 Å². The third-order valence-electron chi connectivity index (χ3n) is 11.5. The first kappa shape index (κ1) is 44.7. The fourth-order valence-corrected chi connectivity index (χ4v) is 8.27. The van der Waals surface area contributed by atoms with Gasteiger partial charge in [-0.05, 0) is 88.6 Å². The van der Waals surface area contributed by atoms with E-state index in [0.717, 1.165) is 22.3 Å². The van der Waals surface area contributed by atoms with Gasteiger partial charge in [-0.15, -0.1) is 0 Å². The number of rotatable bonds is 17. The van der Waals surface area contributed by atoms with Gasteiger partial charge in [0.25, 0.3) is 0 Å². The van der Waals surface area contributed by atoms with Crippen LogP contribution in [0.15, 0.2) is 42.5 Å². The van der Waals surface area contributed by atoms with Crippen LogP contribution >= 0.6 is 0 Å². The van der Waals surface area contributed by atoms with Crippen LogP contribution in [0, 0.1) is 12.8 Å². The molecule has 0 aliphatic carbocycles.